The number of ether oxygens (including phenoxy) is 3. The Labute approximate surface area is 327 Å². The first-order valence-corrected chi connectivity index (χ1v) is 24.6. The summed E-state index contributed by atoms with van der Waals surface area (Å²) in [6, 6.07) is 28.6. The van der Waals surface area contributed by atoms with Crippen molar-refractivity contribution in [2.24, 2.45) is 0 Å². The number of aromatic nitrogens is 3. The lowest BCUT2D eigenvalue weighted by Crippen LogP contribution is -2.55. The summed E-state index contributed by atoms with van der Waals surface area (Å²) in [7, 11) is -3.16. The average Bonchev–Trinajstić information content (AvgIpc) is 3.38. The van der Waals surface area contributed by atoms with Gasteiger partial charge in [0.2, 0.25) is 16.5 Å². The van der Waals surface area contributed by atoms with Gasteiger partial charge in [0.15, 0.2) is 22.9 Å². The van der Waals surface area contributed by atoms with Gasteiger partial charge in [0.05, 0.1) is 13.7 Å². The fourth-order valence-corrected chi connectivity index (χ4v) is 8.90. The molecule has 1 saturated heterocycles. The molecule has 0 aliphatic carbocycles. The number of rotatable bonds is 13. The molecule has 0 unspecified atom stereocenters. The largest absolute Gasteiger partial charge is 0.497 e. The molecule has 1 aliphatic heterocycles. The Kier molecular flexibility index (Phi) is 12.5. The summed E-state index contributed by atoms with van der Waals surface area (Å²) in [6.45, 7) is 22.5. The van der Waals surface area contributed by atoms with Crippen LogP contribution in [0.3, 0.4) is 0 Å². The van der Waals surface area contributed by atoms with Crippen LogP contribution in [0.5, 0.6) is 5.75 Å². The van der Waals surface area contributed by atoms with E-state index >= 15 is 0 Å². The van der Waals surface area contributed by atoms with Gasteiger partial charge in [-0.15, -0.1) is 0 Å². The monoisotopic (exact) mass is 796 g/mol. The molecule has 5 rings (SSSR count). The summed E-state index contributed by atoms with van der Waals surface area (Å²) in [5.41, 5.74) is 1.86. The molecule has 9 nitrogen and oxygen atoms in total. The predicted molar refractivity (Wildman–Crippen MR) is 218 cm³/mol. The number of nitrogens with one attached hydrogen (secondary N) is 1. The average molecular weight is 798 g/mol. The molecular weight excluding hydrogens is 744 g/mol. The topological polar surface area (TPSA) is 96.9 Å². The second kappa shape index (κ2) is 16.1. The van der Waals surface area contributed by atoms with Crippen LogP contribution >= 0.6 is 23.2 Å². The lowest BCUT2D eigenvalue weighted by molar-refractivity contribution is -0.0771. The van der Waals surface area contributed by atoms with Gasteiger partial charge in [0, 0.05) is 0 Å². The van der Waals surface area contributed by atoms with E-state index in [9.17, 15) is 0 Å². The number of benzene rings is 3. The third-order valence-corrected chi connectivity index (χ3v) is 20.2. The molecule has 4 aromatic rings. The first-order valence-electron chi connectivity index (χ1n) is 18.0. The van der Waals surface area contributed by atoms with Crippen LogP contribution in [0, 0.1) is 0 Å². The Hall–Kier alpha value is -2.88. The van der Waals surface area contributed by atoms with Gasteiger partial charge in [-0.3, -0.25) is 0 Å². The Bertz CT molecular complexity index is 1750. The standard InChI is InChI=1S/C40H54Cl2N4O5Si2/c1-38(2,3)52(8,9)50-32-31(49-34(33(32)51-53(10,11)39(4,5)6)43-37-45-35(41)44-36(42)46-37)26-48-40(27-18-14-12-15-19-27,28-20-16-13-17-21-28)29-22-24-30(47-7)25-23-29/h12-25,31-34H,26H2,1-11H3,(H,43,44,45,46)/t31-,32-,33-,34-/m1/s1. The highest BCUT2D eigenvalue weighted by Crippen LogP contribution is 2.46. The summed E-state index contributed by atoms with van der Waals surface area (Å²) in [5.74, 6) is 0.932. The zero-order chi connectivity index (χ0) is 38.8. The fourth-order valence-electron chi connectivity index (χ4n) is 5.93. The van der Waals surface area contributed by atoms with Gasteiger partial charge in [-0.05, 0) is 88.3 Å². The first kappa shape index (κ1) is 41.3. The van der Waals surface area contributed by atoms with Crippen molar-refractivity contribution in [1.82, 2.24) is 15.0 Å². The lowest BCUT2D eigenvalue weighted by Gasteiger charge is -2.44. The number of nitrogens with zero attached hydrogens (tertiary/aromatic N) is 3. The smallest absolute Gasteiger partial charge is 0.230 e. The molecular formula is C40H54Cl2N4O5Si2. The predicted octanol–water partition coefficient (Wildman–Crippen LogP) is 10.1. The molecule has 0 spiro atoms. The molecule has 4 atom stereocenters. The Morgan fingerprint density at radius 1 is 0.660 bits per heavy atom. The molecule has 1 aliphatic rings. The second-order valence-electron chi connectivity index (χ2n) is 16.6. The van der Waals surface area contributed by atoms with Gasteiger partial charge in [-0.2, -0.15) is 15.0 Å². The highest BCUT2D eigenvalue weighted by molar-refractivity contribution is 6.74. The van der Waals surface area contributed by atoms with E-state index in [2.05, 4.69) is 124 Å². The maximum absolute atomic E-state index is 7.37. The number of hydrogen-bond donors (Lipinski definition) is 1. The Morgan fingerprint density at radius 3 is 1.57 bits per heavy atom. The maximum atomic E-state index is 7.37. The van der Waals surface area contributed by atoms with Crippen molar-refractivity contribution in [1.29, 1.82) is 0 Å². The summed E-state index contributed by atoms with van der Waals surface area (Å²) in [5, 5.41) is 3.09. The highest BCUT2D eigenvalue weighted by Gasteiger charge is 2.55. The maximum Gasteiger partial charge on any atom is 0.230 e. The van der Waals surface area contributed by atoms with Crippen molar-refractivity contribution < 1.29 is 23.1 Å². The fraction of sp³-hybridized carbons (Fsp3) is 0.475. The van der Waals surface area contributed by atoms with Crippen LogP contribution in [0.15, 0.2) is 84.9 Å². The lowest BCUT2D eigenvalue weighted by atomic mass is 9.80. The highest BCUT2D eigenvalue weighted by atomic mass is 35.5. The number of methoxy groups -OCH3 is 1. The van der Waals surface area contributed by atoms with Crippen LogP contribution in [0.1, 0.15) is 58.2 Å². The number of hydrogen-bond acceptors (Lipinski definition) is 9. The molecule has 53 heavy (non-hydrogen) atoms. The zero-order valence-corrected chi connectivity index (χ0v) is 36.3. The summed E-state index contributed by atoms with van der Waals surface area (Å²) < 4.78 is 34.5. The van der Waals surface area contributed by atoms with Crippen molar-refractivity contribution in [2.75, 3.05) is 19.0 Å². The minimum absolute atomic E-state index is 0.0312. The molecule has 1 aromatic heterocycles. The Balaban J connectivity index is 1.65. The molecule has 0 radical (unpaired) electrons. The van der Waals surface area contributed by atoms with Crippen LogP contribution in [-0.2, 0) is 23.9 Å². The normalized spacial score (nSPS) is 20.0. The Morgan fingerprint density at radius 2 is 1.11 bits per heavy atom. The summed E-state index contributed by atoms with van der Waals surface area (Å²) in [6.07, 6.45) is -2.38. The van der Waals surface area contributed by atoms with Crippen molar-refractivity contribution >= 4 is 45.8 Å². The van der Waals surface area contributed by atoms with Crippen molar-refractivity contribution in [3.63, 3.8) is 0 Å². The third kappa shape index (κ3) is 9.16. The third-order valence-electron chi connectivity index (χ3n) is 11.0. The van der Waals surface area contributed by atoms with E-state index in [0.29, 0.717) is 0 Å². The van der Waals surface area contributed by atoms with E-state index in [1.165, 1.54) is 0 Å². The van der Waals surface area contributed by atoms with Gasteiger partial charge < -0.3 is 28.4 Å². The van der Waals surface area contributed by atoms with E-state index in [1.54, 1.807) is 7.11 Å². The molecule has 0 amide bonds. The summed E-state index contributed by atoms with van der Waals surface area (Å²) in [4.78, 5) is 12.6. The molecule has 13 heteroatoms. The van der Waals surface area contributed by atoms with E-state index < -0.39 is 46.8 Å². The van der Waals surface area contributed by atoms with E-state index in [-0.39, 0.29) is 33.2 Å². The number of anilines is 1. The van der Waals surface area contributed by atoms with E-state index in [0.717, 1.165) is 22.4 Å². The number of halogens is 2. The second-order valence-corrected chi connectivity index (χ2v) is 26.8. The molecule has 3 aromatic carbocycles. The van der Waals surface area contributed by atoms with Crippen molar-refractivity contribution in [2.45, 2.75) is 108 Å². The van der Waals surface area contributed by atoms with Crippen LogP contribution < -0.4 is 10.1 Å². The van der Waals surface area contributed by atoms with Crippen molar-refractivity contribution in [3.05, 3.63) is 112 Å². The SMILES string of the molecule is COc1ccc(C(OC[C@H]2O[C@@H](Nc3nc(Cl)nc(Cl)n3)[C@H](O[Si](C)(C)C(C)(C)C)[C@@H]2O[Si](C)(C)C(C)(C)C)(c2ccccc2)c2ccccc2)cc1. The quantitative estimate of drug-likeness (QED) is 0.105. The molecule has 1 N–H and O–H groups in total. The van der Waals surface area contributed by atoms with Gasteiger partial charge in [0.1, 0.15) is 29.7 Å². The minimum Gasteiger partial charge on any atom is -0.497 e. The summed E-state index contributed by atoms with van der Waals surface area (Å²) >= 11 is 12.5. The zero-order valence-electron chi connectivity index (χ0n) is 32.7. The molecule has 0 bridgehead atoms. The van der Waals surface area contributed by atoms with Crippen LogP contribution in [0.2, 0.25) is 46.8 Å². The van der Waals surface area contributed by atoms with Gasteiger partial charge in [-0.25, -0.2) is 0 Å². The molecule has 286 valence electrons. The van der Waals surface area contributed by atoms with Crippen LogP contribution in [0.25, 0.3) is 0 Å². The molecule has 0 saturated carbocycles. The van der Waals surface area contributed by atoms with Gasteiger partial charge in [-0.1, -0.05) is 114 Å². The van der Waals surface area contributed by atoms with Crippen LogP contribution in [-0.4, -0.2) is 69.8 Å². The van der Waals surface area contributed by atoms with E-state index in [1.807, 2.05) is 48.5 Å². The minimum atomic E-state index is -2.42. The molecule has 2 heterocycles. The van der Waals surface area contributed by atoms with Gasteiger partial charge >= 0.3 is 0 Å². The first-order chi connectivity index (χ1) is 24.8. The van der Waals surface area contributed by atoms with Gasteiger partial charge in [0.25, 0.3) is 0 Å². The molecule has 1 fully saturated rings. The van der Waals surface area contributed by atoms with E-state index in [4.69, 9.17) is 46.3 Å². The van der Waals surface area contributed by atoms with Crippen LogP contribution in [0.4, 0.5) is 5.95 Å². The van der Waals surface area contributed by atoms with Crippen molar-refractivity contribution in [3.8, 4) is 5.75 Å².